The van der Waals surface area contributed by atoms with Gasteiger partial charge in [0.1, 0.15) is 0 Å². The molecular weight excluding hydrogens is 504 g/mol. The third-order valence-corrected chi connectivity index (χ3v) is 8.45. The first kappa shape index (κ1) is 27.5. The van der Waals surface area contributed by atoms with Gasteiger partial charge in [-0.3, -0.25) is 0 Å². The molecule has 0 N–H and O–H groups in total. The van der Waals surface area contributed by atoms with E-state index in [-0.39, 0.29) is 0 Å². The lowest BCUT2D eigenvalue weighted by Gasteiger charge is -2.15. The van der Waals surface area contributed by atoms with Crippen LogP contribution in [-0.2, 0) is 0 Å². The summed E-state index contributed by atoms with van der Waals surface area (Å²) in [4.78, 5) is 0. The van der Waals surface area contributed by atoms with Crippen molar-refractivity contribution >= 4 is 11.1 Å². The molecule has 0 fully saturated rings. The van der Waals surface area contributed by atoms with E-state index in [4.69, 9.17) is 0 Å². The molecule has 0 heteroatoms. The second-order valence-corrected chi connectivity index (χ2v) is 11.8. The van der Waals surface area contributed by atoms with Crippen molar-refractivity contribution in [3.05, 3.63) is 166 Å². The predicted molar refractivity (Wildman–Crippen MR) is 182 cm³/mol. The van der Waals surface area contributed by atoms with E-state index in [1.165, 1.54) is 83.5 Å². The first-order chi connectivity index (χ1) is 20.4. The van der Waals surface area contributed by atoms with E-state index in [9.17, 15) is 0 Å². The van der Waals surface area contributed by atoms with Gasteiger partial charge in [0.25, 0.3) is 0 Å². The Bertz CT molecular complexity index is 1880. The first-order valence-electron chi connectivity index (χ1n) is 14.9. The van der Waals surface area contributed by atoms with Crippen LogP contribution in [-0.4, -0.2) is 0 Å². The topological polar surface area (TPSA) is 0 Å². The van der Waals surface area contributed by atoms with Gasteiger partial charge in [-0.25, -0.2) is 0 Å². The lowest BCUT2D eigenvalue weighted by Crippen LogP contribution is -1.92. The molecule has 0 heterocycles. The zero-order chi connectivity index (χ0) is 29.2. The maximum Gasteiger partial charge on any atom is -0.00605 e. The molecule has 1 aliphatic rings. The minimum atomic E-state index is 0.965. The van der Waals surface area contributed by atoms with E-state index < -0.39 is 0 Å². The summed E-state index contributed by atoms with van der Waals surface area (Å²) >= 11 is 0. The molecule has 6 rings (SSSR count). The van der Waals surface area contributed by atoms with Gasteiger partial charge in [-0.2, -0.15) is 0 Å². The third kappa shape index (κ3) is 5.71. The predicted octanol–water partition coefficient (Wildman–Crippen LogP) is 11.7. The molecule has 0 amide bonds. The van der Waals surface area contributed by atoms with Gasteiger partial charge in [0.2, 0.25) is 0 Å². The van der Waals surface area contributed by atoms with Crippen LogP contribution in [0.1, 0.15) is 46.7 Å². The fourth-order valence-electron chi connectivity index (χ4n) is 6.09. The Kier molecular flexibility index (Phi) is 7.64. The van der Waals surface area contributed by atoms with Gasteiger partial charge in [0, 0.05) is 0 Å². The minimum Gasteiger partial charge on any atom is -0.0689 e. The number of aryl methyl sites for hydroxylation is 4. The molecule has 0 radical (unpaired) electrons. The molecular formula is C42H38. The molecule has 1 aliphatic carbocycles. The Morgan fingerprint density at radius 2 is 1.02 bits per heavy atom. The van der Waals surface area contributed by atoms with Crippen molar-refractivity contribution in [3.63, 3.8) is 0 Å². The molecule has 0 bridgehead atoms. The highest BCUT2D eigenvalue weighted by molar-refractivity contribution is 5.89. The fourth-order valence-corrected chi connectivity index (χ4v) is 6.09. The number of rotatable bonds is 5. The van der Waals surface area contributed by atoms with Crippen molar-refractivity contribution in [3.8, 4) is 33.4 Å². The summed E-state index contributed by atoms with van der Waals surface area (Å²) < 4.78 is 0. The second-order valence-electron chi connectivity index (χ2n) is 11.8. The summed E-state index contributed by atoms with van der Waals surface area (Å²) in [5.41, 5.74) is 19.3. The molecule has 206 valence electrons. The van der Waals surface area contributed by atoms with Crippen LogP contribution >= 0.6 is 0 Å². The average molecular weight is 543 g/mol. The average Bonchev–Trinajstić information content (AvgIpc) is 3.19. The highest BCUT2D eigenvalue weighted by Crippen LogP contribution is 2.37. The molecule has 0 aromatic heterocycles. The normalized spacial score (nSPS) is 13.2. The summed E-state index contributed by atoms with van der Waals surface area (Å²) in [7, 11) is 0. The molecule has 0 nitrogen and oxygen atoms in total. The zero-order valence-corrected chi connectivity index (χ0v) is 25.3. The number of benzene rings is 5. The lowest BCUT2D eigenvalue weighted by molar-refractivity contribution is 1.22. The quantitative estimate of drug-likeness (QED) is 0.207. The summed E-state index contributed by atoms with van der Waals surface area (Å²) in [5.74, 6) is 0. The van der Waals surface area contributed by atoms with Gasteiger partial charge in [0.15, 0.2) is 0 Å². The highest BCUT2D eigenvalue weighted by Gasteiger charge is 2.14. The van der Waals surface area contributed by atoms with Crippen LogP contribution in [0.25, 0.3) is 44.5 Å². The molecule has 0 saturated heterocycles. The molecule has 5 aromatic rings. The van der Waals surface area contributed by atoms with Gasteiger partial charge in [-0.15, -0.1) is 0 Å². The van der Waals surface area contributed by atoms with Crippen molar-refractivity contribution in [1.82, 2.24) is 0 Å². The first-order valence-corrected chi connectivity index (χ1v) is 14.9. The Morgan fingerprint density at radius 3 is 1.71 bits per heavy atom. The molecule has 0 spiro atoms. The Hall–Kier alpha value is -4.68. The van der Waals surface area contributed by atoms with E-state index >= 15 is 0 Å². The van der Waals surface area contributed by atoms with Gasteiger partial charge in [0.05, 0.1) is 0 Å². The Balaban J connectivity index is 1.43. The summed E-state index contributed by atoms with van der Waals surface area (Å²) in [6.07, 6.45) is 7.93. The van der Waals surface area contributed by atoms with Crippen LogP contribution in [0.2, 0.25) is 0 Å². The van der Waals surface area contributed by atoms with Gasteiger partial charge >= 0.3 is 0 Å². The van der Waals surface area contributed by atoms with Crippen molar-refractivity contribution in [2.24, 2.45) is 0 Å². The Labute approximate surface area is 251 Å². The number of hydrogen-bond donors (Lipinski definition) is 0. The van der Waals surface area contributed by atoms with Gasteiger partial charge in [-0.1, -0.05) is 115 Å². The van der Waals surface area contributed by atoms with Crippen molar-refractivity contribution < 1.29 is 0 Å². The van der Waals surface area contributed by atoms with Crippen LogP contribution in [0.4, 0.5) is 0 Å². The van der Waals surface area contributed by atoms with Crippen molar-refractivity contribution in [2.75, 3.05) is 0 Å². The molecule has 0 unspecified atom stereocenters. The maximum atomic E-state index is 2.40. The van der Waals surface area contributed by atoms with Crippen LogP contribution in [0.5, 0.6) is 0 Å². The molecule has 0 atom stereocenters. The largest absolute Gasteiger partial charge is 0.0689 e. The van der Waals surface area contributed by atoms with Crippen LogP contribution < -0.4 is 0 Å². The smallest absolute Gasteiger partial charge is 0.00605 e. The fraction of sp³-hybridized carbons (Fsp3) is 0.143. The summed E-state index contributed by atoms with van der Waals surface area (Å²) in [6, 6.07) is 40.1. The second kappa shape index (κ2) is 11.7. The zero-order valence-electron chi connectivity index (χ0n) is 25.3. The summed E-state index contributed by atoms with van der Waals surface area (Å²) in [5, 5.41) is 0. The Morgan fingerprint density at radius 1 is 0.429 bits per heavy atom. The van der Waals surface area contributed by atoms with Crippen LogP contribution in [0, 0.1) is 27.7 Å². The van der Waals surface area contributed by atoms with Crippen molar-refractivity contribution in [1.29, 1.82) is 0 Å². The molecule has 5 aromatic carbocycles. The van der Waals surface area contributed by atoms with Crippen molar-refractivity contribution in [2.45, 2.75) is 41.0 Å². The monoisotopic (exact) mass is 542 g/mol. The van der Waals surface area contributed by atoms with Crippen LogP contribution in [0.3, 0.4) is 0 Å². The molecule has 42 heavy (non-hydrogen) atoms. The molecule has 0 aliphatic heterocycles. The number of hydrogen-bond acceptors (Lipinski definition) is 0. The van der Waals surface area contributed by atoms with Gasteiger partial charge < -0.3 is 0 Å². The van der Waals surface area contributed by atoms with E-state index in [2.05, 4.69) is 162 Å². The van der Waals surface area contributed by atoms with E-state index in [1.807, 2.05) is 0 Å². The van der Waals surface area contributed by atoms with E-state index in [0.29, 0.717) is 0 Å². The maximum absolute atomic E-state index is 2.40. The third-order valence-electron chi connectivity index (χ3n) is 8.45. The number of allylic oxidation sites excluding steroid dienone is 6. The summed E-state index contributed by atoms with van der Waals surface area (Å²) in [6.45, 7) is 11.1. The van der Waals surface area contributed by atoms with E-state index in [1.54, 1.807) is 0 Å². The highest BCUT2D eigenvalue weighted by atomic mass is 14.2. The van der Waals surface area contributed by atoms with E-state index in [0.717, 1.165) is 6.42 Å². The lowest BCUT2D eigenvalue weighted by atomic mass is 9.89. The SMILES string of the molecule is CC1=CC=C(c2cc(C)cc(-c3ccc(C)c(-c4cc(-c5ccccc5)ccc4C)c3)c2)C=C(c2ccccc2C)C1. The minimum absolute atomic E-state index is 0.965. The standard InChI is InChI=1S/C42H38/c1-28-15-18-34(24-39(21-28)40-14-10-9-11-30(40)3)37-22-29(2)23-38(25-37)36-20-17-32(5)42(27-36)41-26-35(19-16-31(41)4)33-12-7-6-8-13-33/h6-20,22-27H,21H2,1-5H3. The van der Waals surface area contributed by atoms with Crippen LogP contribution in [0.15, 0.2) is 133 Å². The molecule has 0 saturated carbocycles. The van der Waals surface area contributed by atoms with Gasteiger partial charge in [-0.05, 0) is 137 Å².